The highest BCUT2D eigenvalue weighted by Gasteiger charge is 2.20. The fraction of sp³-hybridized carbons (Fsp3) is 0.583. The van der Waals surface area contributed by atoms with E-state index >= 15 is 0 Å². The fourth-order valence-corrected chi connectivity index (χ4v) is 2.32. The van der Waals surface area contributed by atoms with Crippen LogP contribution >= 0.6 is 11.8 Å². The molecule has 1 amide bonds. The van der Waals surface area contributed by atoms with E-state index in [9.17, 15) is 9.59 Å². The average Bonchev–Trinajstić information content (AvgIpc) is 2.68. The second-order valence-corrected chi connectivity index (χ2v) is 5.45. The molecular weight excluding hydrogens is 250 g/mol. The van der Waals surface area contributed by atoms with Crippen LogP contribution in [0.25, 0.3) is 0 Å². The van der Waals surface area contributed by atoms with Gasteiger partial charge in [-0.3, -0.25) is 9.59 Å². The van der Waals surface area contributed by atoms with Gasteiger partial charge in [0.2, 0.25) is 5.91 Å². The van der Waals surface area contributed by atoms with Crippen LogP contribution in [0.3, 0.4) is 0 Å². The lowest BCUT2D eigenvalue weighted by Gasteiger charge is -2.19. The van der Waals surface area contributed by atoms with Gasteiger partial charge in [0.1, 0.15) is 0 Å². The number of imidazole rings is 1. The minimum Gasteiger partial charge on any atom is -0.345 e. The van der Waals surface area contributed by atoms with E-state index in [0.717, 1.165) is 5.16 Å². The van der Waals surface area contributed by atoms with E-state index in [1.165, 1.54) is 18.7 Å². The molecule has 1 heterocycles. The number of nitrogens with one attached hydrogen (secondary N) is 1. The summed E-state index contributed by atoms with van der Waals surface area (Å²) in [5, 5.41) is 3.54. The summed E-state index contributed by atoms with van der Waals surface area (Å²) in [6.07, 6.45) is 3.51. The molecule has 100 valence electrons. The van der Waals surface area contributed by atoms with Crippen LogP contribution in [-0.2, 0) is 16.6 Å². The third kappa shape index (κ3) is 4.18. The molecule has 0 spiro atoms. The first-order valence-corrected chi connectivity index (χ1v) is 6.80. The summed E-state index contributed by atoms with van der Waals surface area (Å²) in [7, 11) is 1.87. The number of amides is 1. The van der Waals surface area contributed by atoms with Crippen molar-refractivity contribution in [1.29, 1.82) is 0 Å². The second-order valence-electron chi connectivity index (χ2n) is 4.51. The minimum absolute atomic E-state index is 0.0136. The molecule has 0 fully saturated rings. The highest BCUT2D eigenvalue weighted by atomic mass is 32.2. The lowest BCUT2D eigenvalue weighted by Crippen LogP contribution is -2.44. The Morgan fingerprint density at radius 2 is 2.17 bits per heavy atom. The summed E-state index contributed by atoms with van der Waals surface area (Å²) in [4.78, 5) is 27.2. The zero-order valence-corrected chi connectivity index (χ0v) is 12.0. The van der Waals surface area contributed by atoms with E-state index < -0.39 is 6.04 Å². The Balaban J connectivity index is 2.46. The lowest BCUT2D eigenvalue weighted by atomic mass is 10.0. The Labute approximate surface area is 111 Å². The largest absolute Gasteiger partial charge is 0.345 e. The van der Waals surface area contributed by atoms with Crippen LogP contribution in [0.5, 0.6) is 0 Å². The molecule has 18 heavy (non-hydrogen) atoms. The summed E-state index contributed by atoms with van der Waals surface area (Å²) in [5.74, 6) is 0.211. The maximum Gasteiger partial charge on any atom is 0.231 e. The molecular formula is C12H19N3O2S. The number of aromatic nitrogens is 2. The maximum atomic E-state index is 11.7. The van der Waals surface area contributed by atoms with Crippen molar-refractivity contribution in [2.75, 3.05) is 5.75 Å². The molecule has 0 aliphatic heterocycles. The fourth-order valence-electron chi connectivity index (χ4n) is 1.57. The number of Topliss-reactive ketones (excluding diaryl/α,β-unsaturated/α-hetero) is 1. The number of aryl methyl sites for hydroxylation is 1. The van der Waals surface area contributed by atoms with Gasteiger partial charge in [0.15, 0.2) is 10.9 Å². The number of hydrogen-bond donors (Lipinski definition) is 1. The van der Waals surface area contributed by atoms with Gasteiger partial charge in [-0.25, -0.2) is 4.98 Å². The van der Waals surface area contributed by atoms with Crippen molar-refractivity contribution < 1.29 is 9.59 Å². The molecule has 1 atom stereocenters. The quantitative estimate of drug-likeness (QED) is 0.789. The van der Waals surface area contributed by atoms with Gasteiger partial charge in [-0.2, -0.15) is 0 Å². The van der Waals surface area contributed by atoms with Crippen LogP contribution < -0.4 is 5.32 Å². The first kappa shape index (κ1) is 14.8. The number of thioether (sulfide) groups is 1. The van der Waals surface area contributed by atoms with E-state index in [0.29, 0.717) is 0 Å². The molecule has 0 aliphatic rings. The Morgan fingerprint density at radius 3 is 2.61 bits per heavy atom. The number of carbonyl (C=O) groups excluding carboxylic acids is 2. The van der Waals surface area contributed by atoms with Crippen molar-refractivity contribution in [3.8, 4) is 0 Å². The van der Waals surface area contributed by atoms with E-state index in [-0.39, 0.29) is 23.4 Å². The van der Waals surface area contributed by atoms with Gasteiger partial charge < -0.3 is 9.88 Å². The number of hydrogen-bond acceptors (Lipinski definition) is 4. The maximum absolute atomic E-state index is 11.7. The monoisotopic (exact) mass is 269 g/mol. The van der Waals surface area contributed by atoms with Crippen LogP contribution in [0.4, 0.5) is 0 Å². The Bertz CT molecular complexity index is 429. The normalized spacial score (nSPS) is 12.5. The van der Waals surface area contributed by atoms with Crippen LogP contribution in [0, 0.1) is 5.92 Å². The Morgan fingerprint density at radius 1 is 1.50 bits per heavy atom. The van der Waals surface area contributed by atoms with Gasteiger partial charge in [0.25, 0.3) is 0 Å². The summed E-state index contributed by atoms with van der Waals surface area (Å²) < 4.78 is 1.85. The average molecular weight is 269 g/mol. The Kier molecular flexibility index (Phi) is 5.40. The van der Waals surface area contributed by atoms with Gasteiger partial charge in [0.05, 0.1) is 11.8 Å². The number of nitrogens with zero attached hydrogens (tertiary/aromatic N) is 2. The van der Waals surface area contributed by atoms with Gasteiger partial charge in [0, 0.05) is 19.4 Å². The van der Waals surface area contributed by atoms with Crippen molar-refractivity contribution in [2.45, 2.75) is 32.0 Å². The van der Waals surface area contributed by atoms with Crippen molar-refractivity contribution in [3.63, 3.8) is 0 Å². The molecule has 1 unspecified atom stereocenters. The van der Waals surface area contributed by atoms with Gasteiger partial charge in [-0.05, 0) is 12.8 Å². The molecule has 5 nitrogen and oxygen atoms in total. The third-order valence-electron chi connectivity index (χ3n) is 2.53. The summed E-state index contributed by atoms with van der Waals surface area (Å²) in [6, 6.07) is -0.403. The highest BCUT2D eigenvalue weighted by molar-refractivity contribution is 7.99. The minimum atomic E-state index is -0.403. The SMILES string of the molecule is CC(=O)C(NC(=O)CSc1nccn1C)C(C)C. The van der Waals surface area contributed by atoms with Gasteiger partial charge in [-0.15, -0.1) is 0 Å². The van der Waals surface area contributed by atoms with E-state index in [1.807, 2.05) is 31.7 Å². The predicted octanol–water partition coefficient (Wildman–Crippen LogP) is 1.24. The molecule has 0 aromatic carbocycles. The molecule has 1 N–H and O–H groups in total. The second kappa shape index (κ2) is 6.58. The predicted molar refractivity (Wildman–Crippen MR) is 71.4 cm³/mol. The molecule has 1 rings (SSSR count). The van der Waals surface area contributed by atoms with Crippen LogP contribution in [0.15, 0.2) is 17.6 Å². The lowest BCUT2D eigenvalue weighted by molar-refractivity contribution is -0.126. The Hall–Kier alpha value is -1.30. The van der Waals surface area contributed by atoms with Crippen molar-refractivity contribution >= 4 is 23.5 Å². The molecule has 0 aliphatic carbocycles. The summed E-state index contributed by atoms with van der Waals surface area (Å²) >= 11 is 1.36. The molecule has 1 aromatic heterocycles. The first-order valence-electron chi connectivity index (χ1n) is 5.81. The smallest absolute Gasteiger partial charge is 0.231 e. The summed E-state index contributed by atoms with van der Waals surface area (Å²) in [5.41, 5.74) is 0. The highest BCUT2D eigenvalue weighted by Crippen LogP contribution is 2.14. The number of carbonyl (C=O) groups is 2. The zero-order chi connectivity index (χ0) is 13.7. The van der Waals surface area contributed by atoms with Crippen LogP contribution in [0.2, 0.25) is 0 Å². The van der Waals surface area contributed by atoms with Crippen molar-refractivity contribution in [3.05, 3.63) is 12.4 Å². The zero-order valence-electron chi connectivity index (χ0n) is 11.1. The van der Waals surface area contributed by atoms with Gasteiger partial charge >= 0.3 is 0 Å². The number of ketones is 1. The molecule has 6 heteroatoms. The third-order valence-corrected chi connectivity index (χ3v) is 3.59. The molecule has 0 saturated carbocycles. The van der Waals surface area contributed by atoms with Crippen molar-refractivity contribution in [2.24, 2.45) is 13.0 Å². The van der Waals surface area contributed by atoms with E-state index in [4.69, 9.17) is 0 Å². The van der Waals surface area contributed by atoms with E-state index in [2.05, 4.69) is 10.3 Å². The molecule has 1 aromatic rings. The van der Waals surface area contributed by atoms with Crippen LogP contribution in [-0.4, -0.2) is 33.0 Å². The first-order chi connectivity index (χ1) is 8.41. The molecule has 0 bridgehead atoms. The van der Waals surface area contributed by atoms with E-state index in [1.54, 1.807) is 6.20 Å². The summed E-state index contributed by atoms with van der Waals surface area (Å²) in [6.45, 7) is 5.33. The van der Waals surface area contributed by atoms with Crippen LogP contribution in [0.1, 0.15) is 20.8 Å². The number of rotatable bonds is 6. The topological polar surface area (TPSA) is 64.0 Å². The standard InChI is InChI=1S/C12H19N3O2S/c1-8(2)11(9(3)16)14-10(17)7-18-12-13-5-6-15(12)4/h5-6,8,11H,7H2,1-4H3,(H,14,17). The molecule has 0 saturated heterocycles. The van der Waals surface area contributed by atoms with Gasteiger partial charge in [-0.1, -0.05) is 25.6 Å². The molecule has 0 radical (unpaired) electrons. The van der Waals surface area contributed by atoms with Crippen molar-refractivity contribution in [1.82, 2.24) is 14.9 Å².